The summed E-state index contributed by atoms with van der Waals surface area (Å²) in [5.74, 6) is 0. The Balaban J connectivity index is 0.00000242. The molecule has 0 radical (unpaired) electrons. The van der Waals surface area contributed by atoms with E-state index < -0.39 is 16.8 Å². The smallest absolute Gasteiger partial charge is 0.0149 e. The van der Waals surface area contributed by atoms with Crippen molar-refractivity contribution in [3.05, 3.63) is 40.0 Å². The molecule has 1 aromatic rings. The van der Waals surface area contributed by atoms with Crippen LogP contribution < -0.4 is 3.80 Å². The minimum Gasteiger partial charge on any atom is -0.0149 e. The minimum absolute atomic E-state index is 0. The molecular formula is C19H35NSiTi. The third kappa shape index (κ3) is 3.67. The Bertz CT molecular complexity index is 609. The Hall–Kier alpha value is -0.149. The van der Waals surface area contributed by atoms with Crippen molar-refractivity contribution in [1.29, 1.82) is 0 Å². The molecule has 0 spiro atoms. The third-order valence-electron chi connectivity index (χ3n) is 4.64. The summed E-state index contributed by atoms with van der Waals surface area (Å²) in [4.78, 5) is 0. The van der Waals surface area contributed by atoms with E-state index in [1.807, 2.05) is 0 Å². The Morgan fingerprint density at radius 2 is 1.55 bits per heavy atom. The molecule has 124 valence electrons. The van der Waals surface area contributed by atoms with Gasteiger partial charge < -0.3 is 0 Å². The van der Waals surface area contributed by atoms with E-state index in [1.54, 1.807) is 11.1 Å². The maximum atomic E-state index is 4.02. The number of rotatable bonds is 2. The fourth-order valence-corrected chi connectivity index (χ4v) is 11.2. The molecule has 2 rings (SSSR count). The van der Waals surface area contributed by atoms with E-state index >= 15 is 0 Å². The second-order valence-electron chi connectivity index (χ2n) is 8.38. The maximum absolute atomic E-state index is 4.02. The van der Waals surface area contributed by atoms with Crippen LogP contribution in [0.15, 0.2) is 17.7 Å². The fourth-order valence-electron chi connectivity index (χ4n) is 4.36. The van der Waals surface area contributed by atoms with Gasteiger partial charge in [-0.05, 0) is 11.0 Å². The SMILES string of the molecule is CC1=C(C)[CH]([Ti]([CH3])([CH3])[NH]C(C)(C)C)c2cc(C)cc(C)c21.[SiH4]. The van der Waals surface area contributed by atoms with Crippen LogP contribution >= 0.6 is 0 Å². The van der Waals surface area contributed by atoms with E-state index in [4.69, 9.17) is 0 Å². The van der Waals surface area contributed by atoms with Gasteiger partial charge in [-0.2, -0.15) is 0 Å². The monoisotopic (exact) mass is 353 g/mol. The molecule has 1 unspecified atom stereocenters. The molecule has 3 heteroatoms. The van der Waals surface area contributed by atoms with Crippen molar-refractivity contribution < 1.29 is 16.8 Å². The van der Waals surface area contributed by atoms with Crippen molar-refractivity contribution in [2.24, 2.45) is 0 Å². The van der Waals surface area contributed by atoms with Crippen molar-refractivity contribution in [3.8, 4) is 0 Å². The molecule has 0 fully saturated rings. The van der Waals surface area contributed by atoms with Gasteiger partial charge in [0.2, 0.25) is 0 Å². The summed E-state index contributed by atoms with van der Waals surface area (Å²) in [7, 11) is 0. The summed E-state index contributed by atoms with van der Waals surface area (Å²) in [6.07, 6.45) is 0. The van der Waals surface area contributed by atoms with Crippen molar-refractivity contribution in [2.75, 3.05) is 0 Å². The summed E-state index contributed by atoms with van der Waals surface area (Å²) >= 11 is -2.19. The molecule has 0 aromatic heterocycles. The molecule has 1 aromatic carbocycles. The molecule has 1 nitrogen and oxygen atoms in total. The molecule has 0 amide bonds. The maximum Gasteiger partial charge on any atom is -0.0149 e. The van der Waals surface area contributed by atoms with Crippen molar-refractivity contribution in [1.82, 2.24) is 3.80 Å². The quantitative estimate of drug-likeness (QED) is 0.784. The van der Waals surface area contributed by atoms with Crippen LogP contribution in [0.3, 0.4) is 0 Å². The third-order valence-corrected chi connectivity index (χ3v) is 10.2. The Labute approximate surface area is 145 Å². The molecule has 22 heavy (non-hydrogen) atoms. The van der Waals surface area contributed by atoms with Gasteiger partial charge in [0.25, 0.3) is 0 Å². The van der Waals surface area contributed by atoms with Crippen LogP contribution in [0, 0.1) is 13.8 Å². The largest absolute Gasteiger partial charge is 0.0149 e. The van der Waals surface area contributed by atoms with Gasteiger partial charge in [0, 0.05) is 0 Å². The Morgan fingerprint density at radius 3 is 2.05 bits per heavy atom. The first-order valence-electron chi connectivity index (χ1n) is 8.02. The van der Waals surface area contributed by atoms with E-state index in [0.717, 1.165) is 0 Å². The second kappa shape index (κ2) is 6.39. The molecular weight excluding hydrogens is 318 g/mol. The minimum atomic E-state index is -2.19. The molecule has 0 saturated heterocycles. The Morgan fingerprint density at radius 1 is 1.00 bits per heavy atom. The summed E-state index contributed by atoms with van der Waals surface area (Å²) < 4.78 is 4.66. The van der Waals surface area contributed by atoms with Crippen molar-refractivity contribution in [3.63, 3.8) is 0 Å². The summed E-state index contributed by atoms with van der Waals surface area (Å²) in [5.41, 5.74) is 9.26. The van der Waals surface area contributed by atoms with Gasteiger partial charge in [0.05, 0.1) is 0 Å². The van der Waals surface area contributed by atoms with E-state index in [1.165, 1.54) is 22.3 Å². The average Bonchev–Trinajstić information content (AvgIpc) is 2.47. The normalized spacial score (nSPS) is 18.3. The van der Waals surface area contributed by atoms with E-state index in [2.05, 4.69) is 74.9 Å². The molecule has 0 saturated carbocycles. The molecule has 0 heterocycles. The van der Waals surface area contributed by atoms with Gasteiger partial charge in [-0.15, -0.1) is 0 Å². The predicted octanol–water partition coefficient (Wildman–Crippen LogP) is 4.25. The van der Waals surface area contributed by atoms with Gasteiger partial charge in [-0.3, -0.25) is 0 Å². The van der Waals surface area contributed by atoms with Gasteiger partial charge in [0.15, 0.2) is 0 Å². The topological polar surface area (TPSA) is 12.0 Å². The van der Waals surface area contributed by atoms with Crippen LogP contribution in [0.25, 0.3) is 5.57 Å². The first kappa shape index (κ1) is 19.9. The van der Waals surface area contributed by atoms with Gasteiger partial charge in [-0.1, -0.05) is 0 Å². The van der Waals surface area contributed by atoms with Crippen molar-refractivity contribution in [2.45, 2.75) is 68.7 Å². The van der Waals surface area contributed by atoms with Crippen LogP contribution in [0.2, 0.25) is 10.5 Å². The standard InChI is InChI=1S/C13H15.C4H10N.2CH3.H4Si.Ti/c1-8-5-10(3)13-11(4)9(2)7-12(13)6-8;1-4(2,3)5;;;;/h5-7H,1-4H3;5H,1-3H3;2*1H3;1H4;/q;-1;;;;+1. The number of fused-ring (bicyclic) bond motifs is 1. The van der Waals surface area contributed by atoms with Gasteiger partial charge in [0.1, 0.15) is 0 Å². The molecule has 1 atom stereocenters. The van der Waals surface area contributed by atoms with Crippen LogP contribution in [0.4, 0.5) is 0 Å². The van der Waals surface area contributed by atoms with Gasteiger partial charge >= 0.3 is 135 Å². The number of aryl methyl sites for hydroxylation is 2. The summed E-state index contributed by atoms with van der Waals surface area (Å²) in [6, 6.07) is 4.76. The average molecular weight is 353 g/mol. The van der Waals surface area contributed by atoms with E-state index in [9.17, 15) is 0 Å². The van der Waals surface area contributed by atoms with Crippen molar-refractivity contribution >= 4 is 16.5 Å². The Kier molecular flexibility index (Phi) is 5.78. The zero-order valence-electron chi connectivity index (χ0n) is 15.2. The number of hydrogen-bond donors (Lipinski definition) is 1. The molecule has 0 bridgehead atoms. The number of hydrogen-bond acceptors (Lipinski definition) is 1. The number of benzene rings is 1. The fraction of sp³-hybridized carbons (Fsp3) is 0.579. The summed E-state index contributed by atoms with van der Waals surface area (Å²) in [5, 5.41) is 5.05. The molecule has 1 N–H and O–H groups in total. The zero-order chi connectivity index (χ0) is 16.2. The van der Waals surface area contributed by atoms with E-state index in [-0.39, 0.29) is 16.5 Å². The molecule has 0 aliphatic heterocycles. The van der Waals surface area contributed by atoms with Crippen LogP contribution in [0.5, 0.6) is 0 Å². The first-order valence-corrected chi connectivity index (χ1v) is 12.8. The number of nitrogens with one attached hydrogen (secondary N) is 1. The zero-order valence-corrected chi connectivity index (χ0v) is 16.8. The second-order valence-corrected chi connectivity index (χ2v) is 15.1. The van der Waals surface area contributed by atoms with Crippen LogP contribution in [-0.2, 0) is 16.8 Å². The summed E-state index contributed by atoms with van der Waals surface area (Å²) in [6.45, 7) is 16.0. The number of allylic oxidation sites excluding steroid dienone is 2. The van der Waals surface area contributed by atoms with Crippen LogP contribution in [0.1, 0.15) is 61.1 Å². The van der Waals surface area contributed by atoms with Crippen LogP contribution in [-0.4, -0.2) is 16.5 Å². The molecule has 1 aliphatic rings. The predicted molar refractivity (Wildman–Crippen MR) is 103 cm³/mol. The first-order chi connectivity index (χ1) is 9.44. The van der Waals surface area contributed by atoms with Gasteiger partial charge in [-0.25, -0.2) is 0 Å². The van der Waals surface area contributed by atoms with E-state index in [0.29, 0.717) is 4.22 Å². The molecule has 1 aliphatic carbocycles.